The molecule has 1 aliphatic rings. The number of alkyl halides is 2. The Morgan fingerprint density at radius 2 is 2.38 bits per heavy atom. The highest BCUT2D eigenvalue weighted by molar-refractivity contribution is 5.23. The van der Waals surface area contributed by atoms with Crippen LogP contribution in [0.25, 0.3) is 0 Å². The second-order valence-corrected chi connectivity index (χ2v) is 4.07. The fraction of sp³-hybridized carbons (Fsp3) is 0.545. The van der Waals surface area contributed by atoms with Crippen LogP contribution in [0, 0.1) is 11.8 Å². The molecule has 1 saturated heterocycles. The molecule has 0 radical (unpaired) electrons. The average Bonchev–Trinajstić information content (AvgIpc) is 2.70. The van der Waals surface area contributed by atoms with Crippen LogP contribution in [0.4, 0.5) is 8.78 Å². The van der Waals surface area contributed by atoms with Crippen LogP contribution in [0.1, 0.15) is 8.97 Å². The molecule has 1 aromatic rings. The molecule has 8 nitrogen and oxygen atoms in total. The molecule has 3 N–H and O–H groups in total. The summed E-state index contributed by atoms with van der Waals surface area (Å²) in [4.78, 5) is 24.4. The van der Waals surface area contributed by atoms with Crippen molar-refractivity contribution in [2.75, 3.05) is 13.2 Å². The number of halogens is 2. The van der Waals surface area contributed by atoms with E-state index in [1.54, 1.807) is 16.8 Å². The molecule has 1 aromatic heterocycles. The van der Waals surface area contributed by atoms with Gasteiger partial charge in [-0.2, -0.15) is 9.78 Å². The number of hydrogen-bond donors (Lipinski definition) is 3. The molecule has 1 aliphatic heterocycles. The van der Waals surface area contributed by atoms with E-state index < -0.39 is 48.6 Å². The number of aromatic nitrogens is 3. The molecule has 0 amide bonds. The highest BCUT2D eigenvalue weighted by Crippen LogP contribution is 2.40. The first-order chi connectivity index (χ1) is 10.6. The van der Waals surface area contributed by atoms with Gasteiger partial charge in [-0.1, -0.05) is 11.8 Å². The maximum atomic E-state index is 15.0. The first-order valence-electron chi connectivity index (χ1n) is 6.60. The zero-order chi connectivity index (χ0) is 17.4. The van der Waals surface area contributed by atoms with Crippen molar-refractivity contribution in [2.24, 2.45) is 0 Å². The molecule has 21 heavy (non-hydrogen) atoms. The normalized spacial score (nSPS) is 33.8. The van der Waals surface area contributed by atoms with E-state index >= 15 is 4.39 Å². The van der Waals surface area contributed by atoms with Gasteiger partial charge in [-0.15, -0.1) is 0 Å². The third-order valence-corrected chi connectivity index (χ3v) is 2.79. The average molecular weight is 305 g/mol. The smallest absolute Gasteiger partial charge is 0.347 e. The number of aromatic amines is 1. The molecular formula is C11H11F2N3O5. The fourth-order valence-electron chi connectivity index (χ4n) is 1.85. The minimum Gasteiger partial charge on any atom is -0.394 e. The molecule has 10 heteroatoms. The molecule has 4 atom stereocenters. The summed E-state index contributed by atoms with van der Waals surface area (Å²) in [6.07, 6.45) is -5.99. The minimum atomic E-state index is -3.19. The predicted molar refractivity (Wildman–Crippen MR) is 63.7 cm³/mol. The summed E-state index contributed by atoms with van der Waals surface area (Å²) in [6.45, 7) is -4.47. The van der Waals surface area contributed by atoms with Crippen molar-refractivity contribution in [3.63, 3.8) is 0 Å². The van der Waals surface area contributed by atoms with E-state index in [0.717, 1.165) is 0 Å². The summed E-state index contributed by atoms with van der Waals surface area (Å²) >= 11 is 0. The lowest BCUT2D eigenvalue weighted by Gasteiger charge is -2.22. The number of aliphatic hydroxyl groups is 2. The number of rotatable bonds is 2. The summed E-state index contributed by atoms with van der Waals surface area (Å²) < 4.78 is 46.6. The van der Waals surface area contributed by atoms with Gasteiger partial charge in [0.15, 0.2) is 0 Å². The van der Waals surface area contributed by atoms with Crippen LogP contribution < -0.4 is 11.2 Å². The van der Waals surface area contributed by atoms with Crippen molar-refractivity contribution in [2.45, 2.75) is 24.1 Å². The largest absolute Gasteiger partial charge is 0.394 e. The molecule has 1 fully saturated rings. The van der Waals surface area contributed by atoms with E-state index in [1.807, 2.05) is 0 Å². The minimum absolute atomic E-state index is 0.267. The van der Waals surface area contributed by atoms with Crippen molar-refractivity contribution in [3.8, 4) is 11.8 Å². The Hall–Kier alpha value is -2.09. The molecule has 0 saturated carbocycles. The predicted octanol–water partition coefficient (Wildman–Crippen LogP) is -2.14. The van der Waals surface area contributed by atoms with E-state index in [2.05, 4.69) is 5.10 Å². The van der Waals surface area contributed by atoms with Gasteiger partial charge in [0.1, 0.15) is 25.1 Å². The van der Waals surface area contributed by atoms with Gasteiger partial charge < -0.3 is 14.9 Å². The van der Waals surface area contributed by atoms with Crippen LogP contribution in [0.5, 0.6) is 0 Å². The number of ether oxygens (including phenoxy) is 1. The van der Waals surface area contributed by atoms with Gasteiger partial charge >= 0.3 is 5.69 Å². The maximum absolute atomic E-state index is 15.0. The van der Waals surface area contributed by atoms with Gasteiger partial charge in [0.25, 0.3) is 5.56 Å². The second-order valence-electron chi connectivity index (χ2n) is 4.07. The lowest BCUT2D eigenvalue weighted by molar-refractivity contribution is -0.0611. The standard InChI is InChI=1S/C11H11F2N3O5/c12-3-1-2-11(13)8(19)6(5-17)21-9(11)16-10(20)15-7(18)4-14-16/h4,6,8-9,17,19H,3,5H2,(H,15,18,20)/t6-,8+,9-,11?/m1/s1/i5D2. The SMILES string of the molecule is [2H]C([2H])(O)[C@H]1O[C@@H](n2ncc(=O)[nH]c2=O)C(F)(C#CCF)[C@H]1O. The summed E-state index contributed by atoms with van der Waals surface area (Å²) in [6, 6.07) is 0. The van der Waals surface area contributed by atoms with Crippen LogP contribution in [0.3, 0.4) is 0 Å². The van der Waals surface area contributed by atoms with E-state index in [1.165, 1.54) is 0 Å². The van der Waals surface area contributed by atoms with Crippen molar-refractivity contribution in [1.82, 2.24) is 14.8 Å². The van der Waals surface area contributed by atoms with E-state index in [0.29, 0.717) is 6.20 Å². The van der Waals surface area contributed by atoms with E-state index in [4.69, 9.17) is 7.48 Å². The Labute approximate surface area is 118 Å². The highest BCUT2D eigenvalue weighted by Gasteiger charge is 2.58. The van der Waals surface area contributed by atoms with Crippen LogP contribution in [0.2, 0.25) is 0 Å². The Morgan fingerprint density at radius 1 is 1.67 bits per heavy atom. The number of aliphatic hydroxyl groups excluding tert-OH is 1. The topological polar surface area (TPSA) is 117 Å². The third-order valence-electron chi connectivity index (χ3n) is 2.79. The van der Waals surface area contributed by atoms with Gasteiger partial charge in [0.2, 0.25) is 11.9 Å². The summed E-state index contributed by atoms with van der Waals surface area (Å²) in [5.74, 6) is 3.43. The first kappa shape index (κ1) is 12.6. The lowest BCUT2D eigenvalue weighted by atomic mass is 9.97. The van der Waals surface area contributed by atoms with Crippen molar-refractivity contribution < 1.29 is 26.5 Å². The monoisotopic (exact) mass is 305 g/mol. The number of H-pyrrole nitrogens is 1. The molecular weight excluding hydrogens is 292 g/mol. The Kier molecular flexibility index (Phi) is 3.44. The van der Waals surface area contributed by atoms with E-state index in [-0.39, 0.29) is 4.68 Å². The molecule has 2 rings (SSSR count). The van der Waals surface area contributed by atoms with E-state index in [9.17, 15) is 24.2 Å². The van der Waals surface area contributed by atoms with Gasteiger partial charge in [-0.25, -0.2) is 13.6 Å². The molecule has 1 unspecified atom stereocenters. The summed E-state index contributed by atoms with van der Waals surface area (Å²) in [5.41, 5.74) is -5.27. The Bertz CT molecular complexity index is 768. The quantitative estimate of drug-likeness (QED) is 0.537. The Morgan fingerprint density at radius 3 is 2.95 bits per heavy atom. The summed E-state index contributed by atoms with van der Waals surface area (Å²) in [5, 5.41) is 22.6. The molecule has 2 heterocycles. The van der Waals surface area contributed by atoms with Crippen LogP contribution in [-0.2, 0) is 4.74 Å². The van der Waals surface area contributed by atoms with Crippen LogP contribution in [0.15, 0.2) is 15.8 Å². The van der Waals surface area contributed by atoms with Crippen LogP contribution in [-0.4, -0.2) is 56.1 Å². The van der Waals surface area contributed by atoms with Crippen LogP contribution >= 0.6 is 0 Å². The number of nitrogens with zero attached hydrogens (tertiary/aromatic N) is 2. The lowest BCUT2D eigenvalue weighted by Crippen LogP contribution is -2.46. The summed E-state index contributed by atoms with van der Waals surface area (Å²) in [7, 11) is 0. The van der Waals surface area contributed by atoms with Crippen molar-refractivity contribution in [3.05, 3.63) is 27.0 Å². The number of nitrogens with one attached hydrogen (secondary N) is 1. The number of hydrogen-bond acceptors (Lipinski definition) is 6. The fourth-order valence-corrected chi connectivity index (χ4v) is 1.85. The zero-order valence-corrected chi connectivity index (χ0v) is 10.3. The molecule has 0 aliphatic carbocycles. The highest BCUT2D eigenvalue weighted by atomic mass is 19.1. The maximum Gasteiger partial charge on any atom is 0.347 e. The molecule has 0 spiro atoms. The van der Waals surface area contributed by atoms with Gasteiger partial charge in [0.05, 0.1) is 9.30 Å². The third kappa shape index (κ3) is 2.58. The van der Waals surface area contributed by atoms with Crippen molar-refractivity contribution >= 4 is 0 Å². The van der Waals surface area contributed by atoms with Gasteiger partial charge in [0, 0.05) is 0 Å². The zero-order valence-electron chi connectivity index (χ0n) is 12.3. The second kappa shape index (κ2) is 5.72. The Balaban J connectivity index is 2.59. The molecule has 0 aromatic carbocycles. The molecule has 0 bridgehead atoms. The molecule has 114 valence electrons. The van der Waals surface area contributed by atoms with Crippen molar-refractivity contribution in [1.29, 1.82) is 0 Å². The van der Waals surface area contributed by atoms with Gasteiger partial charge in [-0.3, -0.25) is 9.78 Å². The van der Waals surface area contributed by atoms with Gasteiger partial charge in [-0.05, 0) is 0 Å². The first-order valence-corrected chi connectivity index (χ1v) is 5.60.